The number of aryl methyl sites for hydroxylation is 1. The molecule has 1 aromatic heterocycles. The maximum absolute atomic E-state index is 5.54. The third-order valence-corrected chi connectivity index (χ3v) is 5.00. The lowest BCUT2D eigenvalue weighted by Gasteiger charge is -2.34. The van der Waals surface area contributed by atoms with Gasteiger partial charge in [0.2, 0.25) is 0 Å². The van der Waals surface area contributed by atoms with E-state index in [4.69, 9.17) is 10.7 Å². The lowest BCUT2D eigenvalue weighted by Crippen LogP contribution is -2.38. The molecule has 2 N–H and O–H groups in total. The molecule has 0 saturated carbocycles. The Morgan fingerprint density at radius 1 is 1.42 bits per heavy atom. The molecule has 0 spiro atoms. The van der Waals surface area contributed by atoms with Crippen molar-refractivity contribution >= 4 is 11.3 Å². The maximum Gasteiger partial charge on any atom is 0.0931 e. The Bertz CT molecular complexity index is 367. The van der Waals surface area contributed by atoms with Gasteiger partial charge in [-0.25, -0.2) is 4.98 Å². The quantitative estimate of drug-likeness (QED) is 0.872. The molecule has 0 unspecified atom stereocenters. The van der Waals surface area contributed by atoms with Gasteiger partial charge < -0.3 is 10.6 Å². The number of hydrogen-bond donors (Lipinski definition) is 1. The normalized spacial score (nSPS) is 18.3. The Kier molecular flexibility index (Phi) is 5.79. The number of piperidine rings is 1. The van der Waals surface area contributed by atoms with Crippen molar-refractivity contribution < 1.29 is 0 Å². The lowest BCUT2D eigenvalue weighted by molar-refractivity contribution is 0.149. The van der Waals surface area contributed by atoms with Gasteiger partial charge in [0.05, 0.1) is 10.7 Å². The molecule has 0 atom stereocenters. The topological polar surface area (TPSA) is 42.2 Å². The van der Waals surface area contributed by atoms with E-state index in [1.807, 2.05) is 11.3 Å². The standard InChI is InChI=1S/C15H27N3S/c1-12(2)18-8-5-13(6-9-18)10-15-17-14(11-19-15)4-3-7-16/h11-13H,3-10,16H2,1-2H3. The number of likely N-dealkylation sites (tertiary alicyclic amines) is 1. The number of aromatic nitrogens is 1. The fourth-order valence-corrected chi connectivity index (χ4v) is 3.71. The third-order valence-electron chi connectivity index (χ3n) is 4.08. The van der Waals surface area contributed by atoms with E-state index in [0.717, 1.165) is 25.3 Å². The Morgan fingerprint density at radius 3 is 2.79 bits per heavy atom. The summed E-state index contributed by atoms with van der Waals surface area (Å²) in [6.07, 6.45) is 5.93. The van der Waals surface area contributed by atoms with Crippen LogP contribution in [0.1, 0.15) is 43.8 Å². The number of nitrogens with two attached hydrogens (primary N) is 1. The van der Waals surface area contributed by atoms with Crippen molar-refractivity contribution in [3.63, 3.8) is 0 Å². The van der Waals surface area contributed by atoms with Crippen molar-refractivity contribution in [1.29, 1.82) is 0 Å². The zero-order valence-electron chi connectivity index (χ0n) is 12.3. The first-order chi connectivity index (χ1) is 9.19. The average Bonchev–Trinajstić information content (AvgIpc) is 2.84. The van der Waals surface area contributed by atoms with Gasteiger partial charge in [-0.05, 0) is 65.1 Å². The van der Waals surface area contributed by atoms with Crippen LogP contribution in [0.3, 0.4) is 0 Å². The molecule has 0 amide bonds. The molecule has 1 aromatic rings. The summed E-state index contributed by atoms with van der Waals surface area (Å²) in [6.45, 7) is 7.87. The molecule has 0 aromatic carbocycles. The smallest absolute Gasteiger partial charge is 0.0931 e. The molecular weight excluding hydrogens is 254 g/mol. The zero-order chi connectivity index (χ0) is 13.7. The highest BCUT2D eigenvalue weighted by atomic mass is 32.1. The monoisotopic (exact) mass is 281 g/mol. The summed E-state index contributed by atoms with van der Waals surface area (Å²) < 4.78 is 0. The van der Waals surface area contributed by atoms with Gasteiger partial charge in [-0.15, -0.1) is 11.3 Å². The van der Waals surface area contributed by atoms with E-state index in [9.17, 15) is 0 Å². The van der Waals surface area contributed by atoms with Gasteiger partial charge in [0.1, 0.15) is 0 Å². The molecule has 2 rings (SSSR count). The van der Waals surface area contributed by atoms with Crippen LogP contribution in [-0.2, 0) is 12.8 Å². The summed E-state index contributed by atoms with van der Waals surface area (Å²) >= 11 is 1.84. The number of nitrogens with zero attached hydrogens (tertiary/aromatic N) is 2. The van der Waals surface area contributed by atoms with Gasteiger partial charge in [-0.2, -0.15) is 0 Å². The highest BCUT2D eigenvalue weighted by Gasteiger charge is 2.21. The summed E-state index contributed by atoms with van der Waals surface area (Å²) in [7, 11) is 0. The Hall–Kier alpha value is -0.450. The Labute approximate surface area is 121 Å². The van der Waals surface area contributed by atoms with Crippen LogP contribution in [-0.4, -0.2) is 35.6 Å². The largest absolute Gasteiger partial charge is 0.330 e. The molecular formula is C15H27N3S. The average molecular weight is 281 g/mol. The minimum atomic E-state index is 0.698. The lowest BCUT2D eigenvalue weighted by atomic mass is 9.93. The highest BCUT2D eigenvalue weighted by molar-refractivity contribution is 7.09. The molecule has 108 valence electrons. The molecule has 2 heterocycles. The van der Waals surface area contributed by atoms with Crippen LogP contribution in [0.25, 0.3) is 0 Å². The molecule has 0 radical (unpaired) electrons. The van der Waals surface area contributed by atoms with Gasteiger partial charge in [-0.3, -0.25) is 0 Å². The van der Waals surface area contributed by atoms with Gasteiger partial charge in [0.25, 0.3) is 0 Å². The maximum atomic E-state index is 5.54. The van der Waals surface area contributed by atoms with Gasteiger partial charge >= 0.3 is 0 Å². The first kappa shape index (κ1) is 14.9. The van der Waals surface area contributed by atoms with E-state index >= 15 is 0 Å². The van der Waals surface area contributed by atoms with Crippen molar-refractivity contribution in [1.82, 2.24) is 9.88 Å². The summed E-state index contributed by atoms with van der Waals surface area (Å²) in [5.74, 6) is 0.837. The van der Waals surface area contributed by atoms with E-state index in [1.165, 1.54) is 43.1 Å². The molecule has 1 aliphatic rings. The number of rotatable bonds is 6. The summed E-state index contributed by atoms with van der Waals surface area (Å²) in [4.78, 5) is 7.33. The number of thiazole rings is 1. The van der Waals surface area contributed by atoms with Gasteiger partial charge in [-0.1, -0.05) is 0 Å². The molecule has 1 fully saturated rings. The van der Waals surface area contributed by atoms with Crippen molar-refractivity contribution in [3.8, 4) is 0 Å². The molecule has 3 nitrogen and oxygen atoms in total. The highest BCUT2D eigenvalue weighted by Crippen LogP contribution is 2.24. The van der Waals surface area contributed by atoms with E-state index in [1.54, 1.807) is 0 Å². The second kappa shape index (κ2) is 7.36. The predicted molar refractivity (Wildman–Crippen MR) is 82.6 cm³/mol. The second-order valence-corrected chi connectivity index (χ2v) is 6.84. The van der Waals surface area contributed by atoms with Crippen LogP contribution in [0, 0.1) is 5.92 Å². The summed E-state index contributed by atoms with van der Waals surface area (Å²) in [6, 6.07) is 0.698. The second-order valence-electron chi connectivity index (χ2n) is 5.90. The molecule has 1 saturated heterocycles. The molecule has 0 aliphatic carbocycles. The molecule has 19 heavy (non-hydrogen) atoms. The van der Waals surface area contributed by atoms with E-state index in [0.29, 0.717) is 6.04 Å². The third kappa shape index (κ3) is 4.55. The number of hydrogen-bond acceptors (Lipinski definition) is 4. The summed E-state index contributed by atoms with van der Waals surface area (Å²) in [5.41, 5.74) is 6.78. The fraction of sp³-hybridized carbons (Fsp3) is 0.800. The van der Waals surface area contributed by atoms with E-state index in [2.05, 4.69) is 24.1 Å². The molecule has 0 bridgehead atoms. The van der Waals surface area contributed by atoms with Crippen molar-refractivity contribution in [2.24, 2.45) is 11.7 Å². The van der Waals surface area contributed by atoms with Crippen molar-refractivity contribution in [3.05, 3.63) is 16.1 Å². The minimum Gasteiger partial charge on any atom is -0.330 e. The van der Waals surface area contributed by atoms with Crippen LogP contribution < -0.4 is 5.73 Å². The first-order valence-electron chi connectivity index (χ1n) is 7.56. The van der Waals surface area contributed by atoms with Crippen LogP contribution >= 0.6 is 11.3 Å². The van der Waals surface area contributed by atoms with Crippen molar-refractivity contribution in [2.75, 3.05) is 19.6 Å². The van der Waals surface area contributed by atoms with Crippen LogP contribution in [0.4, 0.5) is 0 Å². The van der Waals surface area contributed by atoms with Gasteiger partial charge in [0, 0.05) is 17.8 Å². The fourth-order valence-electron chi connectivity index (χ4n) is 2.76. The Morgan fingerprint density at radius 2 is 2.16 bits per heavy atom. The van der Waals surface area contributed by atoms with Crippen LogP contribution in [0.2, 0.25) is 0 Å². The van der Waals surface area contributed by atoms with Crippen molar-refractivity contribution in [2.45, 2.75) is 52.0 Å². The van der Waals surface area contributed by atoms with E-state index < -0.39 is 0 Å². The van der Waals surface area contributed by atoms with Gasteiger partial charge in [0.15, 0.2) is 0 Å². The Balaban J connectivity index is 1.77. The SMILES string of the molecule is CC(C)N1CCC(Cc2nc(CCCN)cs2)CC1. The molecule has 4 heteroatoms. The minimum absolute atomic E-state index is 0.698. The van der Waals surface area contributed by atoms with E-state index in [-0.39, 0.29) is 0 Å². The van der Waals surface area contributed by atoms with Crippen LogP contribution in [0.15, 0.2) is 5.38 Å². The molecule has 1 aliphatic heterocycles. The van der Waals surface area contributed by atoms with Crippen LogP contribution in [0.5, 0.6) is 0 Å². The predicted octanol–water partition coefficient (Wildman–Crippen LogP) is 2.70. The first-order valence-corrected chi connectivity index (χ1v) is 8.44. The zero-order valence-corrected chi connectivity index (χ0v) is 13.1. The summed E-state index contributed by atoms with van der Waals surface area (Å²) in [5, 5.41) is 3.55.